The molecule has 1 heterocycles. The Kier molecular flexibility index (Phi) is 6.40. The van der Waals surface area contributed by atoms with Crippen LogP contribution in [0.4, 0.5) is 0 Å². The largest absolute Gasteiger partial charge is 0.481 e. The molecule has 1 N–H and O–H groups in total. The summed E-state index contributed by atoms with van der Waals surface area (Å²) >= 11 is 1.97. The summed E-state index contributed by atoms with van der Waals surface area (Å²) in [4.78, 5) is 25.8. The van der Waals surface area contributed by atoms with Gasteiger partial charge in [-0.05, 0) is 44.3 Å². The lowest BCUT2D eigenvalue weighted by atomic mass is 9.81. The number of carboxylic acids is 1. The van der Waals surface area contributed by atoms with Crippen LogP contribution in [-0.2, 0) is 9.59 Å². The molecular formula is C16H27NO3S. The van der Waals surface area contributed by atoms with Gasteiger partial charge >= 0.3 is 5.97 Å². The Hall–Kier alpha value is -0.710. The molecule has 4 nitrogen and oxygen atoms in total. The number of amides is 1. The third kappa shape index (κ3) is 4.63. The first kappa shape index (κ1) is 16.7. The maximum absolute atomic E-state index is 12.7. The predicted molar refractivity (Wildman–Crippen MR) is 85.4 cm³/mol. The first-order valence-corrected chi connectivity index (χ1v) is 9.29. The van der Waals surface area contributed by atoms with E-state index in [0.717, 1.165) is 38.1 Å². The quantitative estimate of drug-likeness (QED) is 0.867. The van der Waals surface area contributed by atoms with E-state index in [1.54, 1.807) is 0 Å². The minimum Gasteiger partial charge on any atom is -0.481 e. The summed E-state index contributed by atoms with van der Waals surface area (Å²) in [6.07, 6.45) is 6.35. The second kappa shape index (κ2) is 8.06. The zero-order chi connectivity index (χ0) is 15.2. The van der Waals surface area contributed by atoms with Crippen molar-refractivity contribution in [1.29, 1.82) is 0 Å². The molecule has 0 radical (unpaired) electrons. The third-order valence-corrected chi connectivity index (χ3v) is 5.96. The van der Waals surface area contributed by atoms with Crippen molar-refractivity contribution in [2.75, 3.05) is 18.8 Å². The highest BCUT2D eigenvalue weighted by atomic mass is 32.2. The normalized spacial score (nSPS) is 30.7. The Morgan fingerprint density at radius 2 is 1.76 bits per heavy atom. The van der Waals surface area contributed by atoms with Crippen molar-refractivity contribution < 1.29 is 14.7 Å². The molecule has 0 spiro atoms. The van der Waals surface area contributed by atoms with Crippen LogP contribution in [0.1, 0.15) is 51.9 Å². The summed E-state index contributed by atoms with van der Waals surface area (Å²) in [6, 6.07) is 0. The number of hydrogen-bond acceptors (Lipinski definition) is 3. The van der Waals surface area contributed by atoms with E-state index in [-0.39, 0.29) is 17.7 Å². The van der Waals surface area contributed by atoms with Gasteiger partial charge in [-0.3, -0.25) is 9.59 Å². The van der Waals surface area contributed by atoms with Gasteiger partial charge < -0.3 is 10.0 Å². The van der Waals surface area contributed by atoms with Crippen LogP contribution >= 0.6 is 11.8 Å². The summed E-state index contributed by atoms with van der Waals surface area (Å²) in [5.74, 6) is 0.515. The van der Waals surface area contributed by atoms with Gasteiger partial charge in [-0.1, -0.05) is 13.3 Å². The molecule has 2 fully saturated rings. The number of rotatable bonds is 4. The highest BCUT2D eigenvalue weighted by molar-refractivity contribution is 7.99. The Labute approximate surface area is 131 Å². The first-order chi connectivity index (χ1) is 10.1. The van der Waals surface area contributed by atoms with E-state index in [1.807, 2.05) is 11.8 Å². The lowest BCUT2D eigenvalue weighted by molar-refractivity contribution is -0.145. The van der Waals surface area contributed by atoms with Crippen LogP contribution in [0.2, 0.25) is 0 Å². The molecular weight excluding hydrogens is 286 g/mol. The fourth-order valence-corrected chi connectivity index (χ4v) is 4.61. The van der Waals surface area contributed by atoms with Crippen LogP contribution in [0.5, 0.6) is 0 Å². The van der Waals surface area contributed by atoms with Crippen molar-refractivity contribution in [3.63, 3.8) is 0 Å². The fraction of sp³-hybridized carbons (Fsp3) is 0.875. The Morgan fingerprint density at radius 1 is 1.10 bits per heavy atom. The average Bonchev–Trinajstić information content (AvgIpc) is 2.72. The van der Waals surface area contributed by atoms with Crippen molar-refractivity contribution in [3.05, 3.63) is 0 Å². The lowest BCUT2D eigenvalue weighted by Crippen LogP contribution is -2.41. The monoisotopic (exact) mass is 313 g/mol. The summed E-state index contributed by atoms with van der Waals surface area (Å²) in [6.45, 7) is 3.95. The molecule has 1 aliphatic carbocycles. The van der Waals surface area contributed by atoms with Crippen LogP contribution < -0.4 is 0 Å². The molecule has 1 amide bonds. The van der Waals surface area contributed by atoms with E-state index < -0.39 is 5.97 Å². The van der Waals surface area contributed by atoms with Gasteiger partial charge in [0.25, 0.3) is 0 Å². The predicted octanol–water partition coefficient (Wildman–Crippen LogP) is 3.01. The maximum atomic E-state index is 12.7. The van der Waals surface area contributed by atoms with Gasteiger partial charge in [0.15, 0.2) is 0 Å². The summed E-state index contributed by atoms with van der Waals surface area (Å²) < 4.78 is 0. The summed E-state index contributed by atoms with van der Waals surface area (Å²) in [7, 11) is 0. The van der Waals surface area contributed by atoms with Gasteiger partial charge in [-0.2, -0.15) is 11.8 Å². The molecule has 120 valence electrons. The number of hydrogen-bond donors (Lipinski definition) is 1. The van der Waals surface area contributed by atoms with Crippen LogP contribution in [0, 0.1) is 11.8 Å². The highest BCUT2D eigenvalue weighted by Crippen LogP contribution is 2.31. The molecule has 2 aliphatic rings. The molecule has 0 aromatic carbocycles. The molecule has 0 bridgehead atoms. The van der Waals surface area contributed by atoms with E-state index in [1.165, 1.54) is 12.8 Å². The number of carboxylic acid groups (broad SMARTS) is 1. The van der Waals surface area contributed by atoms with Gasteiger partial charge in [0.1, 0.15) is 0 Å². The summed E-state index contributed by atoms with van der Waals surface area (Å²) in [5.41, 5.74) is 0. The van der Waals surface area contributed by atoms with E-state index in [0.29, 0.717) is 18.1 Å². The zero-order valence-electron chi connectivity index (χ0n) is 12.9. The fourth-order valence-electron chi connectivity index (χ4n) is 3.52. The van der Waals surface area contributed by atoms with Crippen molar-refractivity contribution in [1.82, 2.24) is 4.90 Å². The Morgan fingerprint density at radius 3 is 2.38 bits per heavy atom. The highest BCUT2D eigenvalue weighted by Gasteiger charge is 2.33. The maximum Gasteiger partial charge on any atom is 0.306 e. The Bertz CT molecular complexity index is 367. The molecule has 1 atom stereocenters. The molecule has 5 heteroatoms. The van der Waals surface area contributed by atoms with E-state index in [4.69, 9.17) is 5.11 Å². The smallest absolute Gasteiger partial charge is 0.306 e. The molecule has 0 aromatic heterocycles. The standard InChI is InChI=1S/C16H27NO3S/c1-2-21-14-5-3-4-10-17(11-14)15(18)12-6-8-13(9-7-12)16(19)20/h12-14H,2-11H2,1H3,(H,19,20). The summed E-state index contributed by atoms with van der Waals surface area (Å²) in [5, 5.41) is 9.63. The van der Waals surface area contributed by atoms with Crippen LogP contribution in [0.25, 0.3) is 0 Å². The van der Waals surface area contributed by atoms with Gasteiger partial charge in [-0.15, -0.1) is 0 Å². The van der Waals surface area contributed by atoms with Gasteiger partial charge in [0.05, 0.1) is 5.92 Å². The van der Waals surface area contributed by atoms with Gasteiger partial charge in [0, 0.05) is 24.3 Å². The zero-order valence-corrected chi connectivity index (χ0v) is 13.7. The van der Waals surface area contributed by atoms with Crippen molar-refractivity contribution in [2.45, 2.75) is 57.1 Å². The number of thioether (sulfide) groups is 1. The number of carbonyl (C=O) groups is 2. The van der Waals surface area contributed by atoms with E-state index in [2.05, 4.69) is 11.8 Å². The van der Waals surface area contributed by atoms with Crippen molar-refractivity contribution in [2.24, 2.45) is 11.8 Å². The number of nitrogens with zero attached hydrogens (tertiary/aromatic N) is 1. The van der Waals surface area contributed by atoms with Gasteiger partial charge in [-0.25, -0.2) is 0 Å². The molecule has 21 heavy (non-hydrogen) atoms. The van der Waals surface area contributed by atoms with Crippen molar-refractivity contribution >= 4 is 23.6 Å². The first-order valence-electron chi connectivity index (χ1n) is 8.25. The molecule has 1 saturated heterocycles. The van der Waals surface area contributed by atoms with Crippen LogP contribution in [-0.4, -0.2) is 46.0 Å². The number of carbonyl (C=O) groups excluding carboxylic acids is 1. The van der Waals surface area contributed by atoms with Crippen LogP contribution in [0.3, 0.4) is 0 Å². The SMILES string of the molecule is CCSC1CCCCN(C(=O)C2CCC(C(=O)O)CC2)C1. The topological polar surface area (TPSA) is 57.6 Å². The number of likely N-dealkylation sites (tertiary alicyclic amines) is 1. The molecule has 1 saturated carbocycles. The average molecular weight is 313 g/mol. The molecule has 2 rings (SSSR count). The van der Waals surface area contributed by atoms with E-state index >= 15 is 0 Å². The second-order valence-corrected chi connectivity index (χ2v) is 7.82. The minimum atomic E-state index is -0.699. The molecule has 1 aliphatic heterocycles. The minimum absolute atomic E-state index is 0.0611. The lowest BCUT2D eigenvalue weighted by Gasteiger charge is -2.31. The van der Waals surface area contributed by atoms with E-state index in [9.17, 15) is 9.59 Å². The third-order valence-electron chi connectivity index (χ3n) is 4.77. The Balaban J connectivity index is 1.88. The number of aliphatic carboxylic acids is 1. The molecule has 0 aromatic rings. The van der Waals surface area contributed by atoms with Crippen LogP contribution in [0.15, 0.2) is 0 Å². The second-order valence-electron chi connectivity index (χ2n) is 6.24. The van der Waals surface area contributed by atoms with Gasteiger partial charge in [0.2, 0.25) is 5.91 Å². The van der Waals surface area contributed by atoms with Crippen molar-refractivity contribution in [3.8, 4) is 0 Å². The molecule has 1 unspecified atom stereocenters.